The molecule has 0 saturated carbocycles. The van der Waals surface area contributed by atoms with Crippen LogP contribution in [0, 0.1) is 0 Å². The SMILES string of the molecule is CCNC(CCc1ccc(Cl)cc1Cl)c1ccccc1. The summed E-state index contributed by atoms with van der Waals surface area (Å²) in [6.45, 7) is 3.08. The Morgan fingerprint density at radius 3 is 2.45 bits per heavy atom. The summed E-state index contributed by atoms with van der Waals surface area (Å²) in [5, 5.41) is 4.97. The van der Waals surface area contributed by atoms with Crippen molar-refractivity contribution in [3.63, 3.8) is 0 Å². The van der Waals surface area contributed by atoms with Gasteiger partial charge in [-0.15, -0.1) is 0 Å². The van der Waals surface area contributed by atoms with Crippen molar-refractivity contribution in [2.45, 2.75) is 25.8 Å². The highest BCUT2D eigenvalue weighted by Gasteiger charge is 2.11. The third kappa shape index (κ3) is 4.24. The Bertz CT molecular complexity index is 540. The van der Waals surface area contributed by atoms with E-state index in [1.165, 1.54) is 5.56 Å². The monoisotopic (exact) mass is 307 g/mol. The summed E-state index contributed by atoms with van der Waals surface area (Å²) >= 11 is 12.2. The van der Waals surface area contributed by atoms with Crippen LogP contribution in [-0.2, 0) is 6.42 Å². The average molecular weight is 308 g/mol. The molecule has 0 fully saturated rings. The lowest BCUT2D eigenvalue weighted by atomic mass is 9.99. The highest BCUT2D eigenvalue weighted by Crippen LogP contribution is 2.25. The zero-order valence-corrected chi connectivity index (χ0v) is 13.1. The maximum atomic E-state index is 6.23. The van der Waals surface area contributed by atoms with Crippen LogP contribution in [0.15, 0.2) is 48.5 Å². The maximum Gasteiger partial charge on any atom is 0.0452 e. The van der Waals surface area contributed by atoms with Gasteiger partial charge in [0.1, 0.15) is 0 Å². The zero-order valence-electron chi connectivity index (χ0n) is 11.6. The van der Waals surface area contributed by atoms with Crippen molar-refractivity contribution in [2.24, 2.45) is 0 Å². The first kappa shape index (κ1) is 15.4. The average Bonchev–Trinajstić information content (AvgIpc) is 2.46. The second-order valence-corrected chi connectivity index (χ2v) is 5.64. The highest BCUT2D eigenvalue weighted by atomic mass is 35.5. The predicted octanol–water partition coefficient (Wildman–Crippen LogP) is 5.28. The highest BCUT2D eigenvalue weighted by molar-refractivity contribution is 6.35. The van der Waals surface area contributed by atoms with E-state index < -0.39 is 0 Å². The number of nitrogens with one attached hydrogen (secondary N) is 1. The summed E-state index contributed by atoms with van der Waals surface area (Å²) in [6.07, 6.45) is 1.95. The zero-order chi connectivity index (χ0) is 14.4. The molecule has 2 aromatic carbocycles. The molecule has 0 aromatic heterocycles. The number of hydrogen-bond acceptors (Lipinski definition) is 1. The molecule has 0 aliphatic rings. The van der Waals surface area contributed by atoms with Gasteiger partial charge in [0.25, 0.3) is 0 Å². The van der Waals surface area contributed by atoms with Crippen LogP contribution in [0.5, 0.6) is 0 Å². The Morgan fingerprint density at radius 1 is 1.05 bits per heavy atom. The molecule has 0 amide bonds. The number of halogens is 2. The van der Waals surface area contributed by atoms with Crippen molar-refractivity contribution in [2.75, 3.05) is 6.54 Å². The third-order valence-electron chi connectivity index (χ3n) is 3.37. The summed E-state index contributed by atoms with van der Waals surface area (Å²) in [7, 11) is 0. The number of aryl methyl sites for hydroxylation is 1. The summed E-state index contributed by atoms with van der Waals surface area (Å²) in [5.41, 5.74) is 2.47. The van der Waals surface area contributed by atoms with Gasteiger partial charge >= 0.3 is 0 Å². The van der Waals surface area contributed by atoms with E-state index in [1.807, 2.05) is 24.3 Å². The smallest absolute Gasteiger partial charge is 0.0452 e. The van der Waals surface area contributed by atoms with Gasteiger partial charge in [-0.25, -0.2) is 0 Å². The standard InChI is InChI=1S/C17H19Cl2N/c1-2-20-17(14-6-4-3-5-7-14)11-9-13-8-10-15(18)12-16(13)19/h3-8,10,12,17,20H,2,9,11H2,1H3. The fourth-order valence-corrected chi connectivity index (χ4v) is 2.85. The quantitative estimate of drug-likeness (QED) is 0.766. The molecule has 0 saturated heterocycles. The van der Waals surface area contributed by atoms with Gasteiger partial charge in [0.05, 0.1) is 0 Å². The molecule has 0 heterocycles. The Kier molecular flexibility index (Phi) is 5.90. The molecule has 20 heavy (non-hydrogen) atoms. The molecule has 1 unspecified atom stereocenters. The van der Waals surface area contributed by atoms with Gasteiger partial charge in [-0.05, 0) is 42.6 Å². The molecule has 1 nitrogen and oxygen atoms in total. The van der Waals surface area contributed by atoms with E-state index in [0.29, 0.717) is 11.1 Å². The molecule has 0 aliphatic carbocycles. The van der Waals surface area contributed by atoms with E-state index in [9.17, 15) is 0 Å². The van der Waals surface area contributed by atoms with Crippen LogP contribution < -0.4 is 5.32 Å². The molecule has 1 atom stereocenters. The lowest BCUT2D eigenvalue weighted by molar-refractivity contribution is 0.515. The molecule has 2 rings (SSSR count). The molecule has 3 heteroatoms. The Hall–Kier alpha value is -1.02. The van der Waals surface area contributed by atoms with Gasteiger partial charge in [0, 0.05) is 16.1 Å². The van der Waals surface area contributed by atoms with Gasteiger partial charge < -0.3 is 5.32 Å². The Balaban J connectivity index is 2.06. The largest absolute Gasteiger partial charge is 0.310 e. The minimum atomic E-state index is 0.355. The van der Waals surface area contributed by atoms with Crippen LogP contribution in [-0.4, -0.2) is 6.54 Å². The van der Waals surface area contributed by atoms with E-state index in [4.69, 9.17) is 23.2 Å². The maximum absolute atomic E-state index is 6.23. The van der Waals surface area contributed by atoms with Gasteiger partial charge in [-0.1, -0.05) is 66.5 Å². The molecule has 0 radical (unpaired) electrons. The van der Waals surface area contributed by atoms with Crippen molar-refractivity contribution in [3.8, 4) is 0 Å². The minimum absolute atomic E-state index is 0.355. The van der Waals surface area contributed by atoms with Crippen LogP contribution in [0.1, 0.15) is 30.5 Å². The summed E-state index contributed by atoms with van der Waals surface area (Å²) in [4.78, 5) is 0. The van der Waals surface area contributed by atoms with E-state index in [0.717, 1.165) is 30.0 Å². The second kappa shape index (κ2) is 7.68. The molecule has 0 bridgehead atoms. The number of hydrogen-bond donors (Lipinski definition) is 1. The topological polar surface area (TPSA) is 12.0 Å². The normalized spacial score (nSPS) is 12.3. The minimum Gasteiger partial charge on any atom is -0.310 e. The van der Waals surface area contributed by atoms with E-state index in [-0.39, 0.29) is 0 Å². The Morgan fingerprint density at radius 2 is 1.80 bits per heavy atom. The first-order valence-corrected chi connectivity index (χ1v) is 7.68. The molecule has 2 aromatic rings. The number of benzene rings is 2. The van der Waals surface area contributed by atoms with Crippen LogP contribution in [0.25, 0.3) is 0 Å². The lowest BCUT2D eigenvalue weighted by Crippen LogP contribution is -2.21. The second-order valence-electron chi connectivity index (χ2n) is 4.80. The van der Waals surface area contributed by atoms with Crippen molar-refractivity contribution < 1.29 is 0 Å². The van der Waals surface area contributed by atoms with E-state index >= 15 is 0 Å². The summed E-state index contributed by atoms with van der Waals surface area (Å²) in [6, 6.07) is 16.6. The van der Waals surface area contributed by atoms with Crippen LogP contribution in [0.4, 0.5) is 0 Å². The third-order valence-corrected chi connectivity index (χ3v) is 3.96. The van der Waals surface area contributed by atoms with E-state index in [2.05, 4.69) is 36.5 Å². The molecule has 1 N–H and O–H groups in total. The molecule has 106 valence electrons. The first-order valence-electron chi connectivity index (χ1n) is 6.93. The van der Waals surface area contributed by atoms with Crippen molar-refractivity contribution in [3.05, 3.63) is 69.7 Å². The summed E-state index contributed by atoms with van der Waals surface area (Å²) < 4.78 is 0. The molecular formula is C17H19Cl2N. The first-order chi connectivity index (χ1) is 9.70. The summed E-state index contributed by atoms with van der Waals surface area (Å²) in [5.74, 6) is 0. The van der Waals surface area contributed by atoms with E-state index in [1.54, 1.807) is 0 Å². The van der Waals surface area contributed by atoms with Crippen molar-refractivity contribution in [1.29, 1.82) is 0 Å². The Labute approximate surface area is 130 Å². The van der Waals surface area contributed by atoms with Gasteiger partial charge in [0.2, 0.25) is 0 Å². The van der Waals surface area contributed by atoms with Crippen molar-refractivity contribution in [1.82, 2.24) is 5.32 Å². The fourth-order valence-electron chi connectivity index (χ4n) is 2.34. The molecular weight excluding hydrogens is 289 g/mol. The fraction of sp³-hybridized carbons (Fsp3) is 0.294. The van der Waals surface area contributed by atoms with Gasteiger partial charge in [-0.3, -0.25) is 0 Å². The molecule has 0 aliphatic heterocycles. The van der Waals surface area contributed by atoms with Crippen LogP contribution in [0.3, 0.4) is 0 Å². The lowest BCUT2D eigenvalue weighted by Gasteiger charge is -2.18. The van der Waals surface area contributed by atoms with Crippen LogP contribution in [0.2, 0.25) is 10.0 Å². The number of rotatable bonds is 6. The van der Waals surface area contributed by atoms with Gasteiger partial charge in [0.15, 0.2) is 0 Å². The molecule has 0 spiro atoms. The van der Waals surface area contributed by atoms with Crippen molar-refractivity contribution >= 4 is 23.2 Å². The van der Waals surface area contributed by atoms with Gasteiger partial charge in [-0.2, -0.15) is 0 Å². The predicted molar refractivity (Wildman–Crippen MR) is 87.6 cm³/mol. The van der Waals surface area contributed by atoms with Crippen LogP contribution >= 0.6 is 23.2 Å².